The fourth-order valence-electron chi connectivity index (χ4n) is 1.73. The van der Waals surface area contributed by atoms with Gasteiger partial charge in [-0.3, -0.25) is 9.36 Å². The number of carbonyl (C=O) groups is 1. The van der Waals surface area contributed by atoms with Crippen molar-refractivity contribution >= 4 is 13.6 Å². The van der Waals surface area contributed by atoms with Gasteiger partial charge in [-0.05, 0) is 6.92 Å². The summed E-state index contributed by atoms with van der Waals surface area (Å²) in [4.78, 5) is 28.5. The van der Waals surface area contributed by atoms with Crippen LogP contribution in [0.4, 0.5) is 26.3 Å². The summed E-state index contributed by atoms with van der Waals surface area (Å²) in [6.07, 6.45) is -15.7. The van der Waals surface area contributed by atoms with Gasteiger partial charge in [0.15, 0.2) is 0 Å². The van der Waals surface area contributed by atoms with Gasteiger partial charge in [-0.15, -0.1) is 0 Å². The Bertz CT molecular complexity index is 395. The lowest BCUT2D eigenvalue weighted by Gasteiger charge is -2.36. The molecule has 0 aromatic heterocycles. The second-order valence-electron chi connectivity index (χ2n) is 4.31. The molecule has 0 amide bonds. The van der Waals surface area contributed by atoms with E-state index in [0.29, 0.717) is 6.92 Å². The minimum atomic E-state index is -5.49. The number of alkyl halides is 6. The Morgan fingerprint density at radius 2 is 1.35 bits per heavy atom. The molecule has 0 aromatic carbocycles. The fraction of sp³-hybridized carbons (Fsp3) is 0.875. The molecule has 0 spiro atoms. The molecule has 0 saturated heterocycles. The first-order chi connectivity index (χ1) is 8.51. The van der Waals surface area contributed by atoms with E-state index in [9.17, 15) is 35.7 Å². The van der Waals surface area contributed by atoms with Crippen LogP contribution in [0.1, 0.15) is 19.8 Å². The van der Waals surface area contributed by atoms with Gasteiger partial charge in [0.2, 0.25) is 0 Å². The minimum absolute atomic E-state index is 0.354. The van der Waals surface area contributed by atoms with Gasteiger partial charge >= 0.3 is 25.9 Å². The fourth-order valence-corrected chi connectivity index (χ4v) is 2.66. The van der Waals surface area contributed by atoms with Crippen LogP contribution in [0, 0.1) is 5.41 Å². The Labute approximate surface area is 108 Å². The zero-order chi connectivity index (χ0) is 16.6. The van der Waals surface area contributed by atoms with Crippen LogP contribution in [0.3, 0.4) is 0 Å². The van der Waals surface area contributed by atoms with Crippen LogP contribution in [0.15, 0.2) is 0 Å². The van der Waals surface area contributed by atoms with Crippen molar-refractivity contribution < 1.29 is 50.6 Å². The summed E-state index contributed by atoms with van der Waals surface area (Å²) in [5.74, 6) is -2.57. The molecular weight excluding hydrogens is 321 g/mol. The molecule has 12 heteroatoms. The van der Waals surface area contributed by atoms with E-state index in [2.05, 4.69) is 0 Å². The lowest BCUT2D eigenvalue weighted by Crippen LogP contribution is -2.47. The number of aliphatic carboxylic acids is 1. The Morgan fingerprint density at radius 1 is 1.05 bits per heavy atom. The van der Waals surface area contributed by atoms with Gasteiger partial charge in [-0.2, -0.15) is 26.3 Å². The highest BCUT2D eigenvalue weighted by Crippen LogP contribution is 2.56. The third-order valence-electron chi connectivity index (χ3n) is 2.76. The summed E-state index contributed by atoms with van der Waals surface area (Å²) >= 11 is 0. The first-order valence-electron chi connectivity index (χ1n) is 4.93. The van der Waals surface area contributed by atoms with E-state index in [1.165, 1.54) is 0 Å². The molecule has 5 nitrogen and oxygen atoms in total. The Morgan fingerprint density at radius 3 is 1.50 bits per heavy atom. The van der Waals surface area contributed by atoms with Gasteiger partial charge in [0.25, 0.3) is 0 Å². The van der Waals surface area contributed by atoms with Gasteiger partial charge in [-0.1, -0.05) is 0 Å². The predicted octanol–water partition coefficient (Wildman–Crippen LogP) is 2.53. The third-order valence-corrected chi connectivity index (χ3v) is 4.27. The van der Waals surface area contributed by atoms with Crippen molar-refractivity contribution in [2.75, 3.05) is 0 Å². The number of hydrogen-bond acceptors (Lipinski definition) is 2. The molecule has 0 fully saturated rings. The van der Waals surface area contributed by atoms with Crippen molar-refractivity contribution in [3.63, 3.8) is 0 Å². The molecule has 0 aliphatic carbocycles. The highest BCUT2D eigenvalue weighted by molar-refractivity contribution is 7.52. The van der Waals surface area contributed by atoms with E-state index in [1.54, 1.807) is 0 Å². The molecule has 3 N–H and O–H groups in total. The summed E-state index contributed by atoms with van der Waals surface area (Å²) < 4.78 is 85.1. The molecular formula is C8H11F6O5P. The van der Waals surface area contributed by atoms with E-state index < -0.39 is 49.8 Å². The van der Waals surface area contributed by atoms with Gasteiger partial charge < -0.3 is 14.9 Å². The van der Waals surface area contributed by atoms with E-state index in [1.807, 2.05) is 0 Å². The van der Waals surface area contributed by atoms with E-state index in [0.717, 1.165) is 0 Å². The smallest absolute Gasteiger partial charge is 0.390 e. The van der Waals surface area contributed by atoms with Crippen molar-refractivity contribution in [1.82, 2.24) is 0 Å². The highest BCUT2D eigenvalue weighted by atomic mass is 31.2. The van der Waals surface area contributed by atoms with Crippen LogP contribution in [0.2, 0.25) is 0 Å². The lowest BCUT2D eigenvalue weighted by molar-refractivity contribution is -0.207. The number of carboxylic acids is 1. The summed E-state index contributed by atoms with van der Waals surface area (Å²) in [5.41, 5.74) is -6.34. The summed E-state index contributed by atoms with van der Waals surface area (Å²) in [6.45, 7) is 0.354. The van der Waals surface area contributed by atoms with Gasteiger partial charge in [0.1, 0.15) is 0 Å². The number of hydrogen-bond donors (Lipinski definition) is 3. The monoisotopic (exact) mass is 332 g/mol. The predicted molar refractivity (Wildman–Crippen MR) is 52.9 cm³/mol. The summed E-state index contributed by atoms with van der Waals surface area (Å²) in [5, 5.41) is 8.74. The third kappa shape index (κ3) is 5.29. The first-order valence-corrected chi connectivity index (χ1v) is 6.61. The van der Waals surface area contributed by atoms with Gasteiger partial charge in [-0.25, -0.2) is 0 Å². The molecule has 0 saturated carbocycles. The first kappa shape index (κ1) is 19.2. The van der Waals surface area contributed by atoms with Crippen molar-refractivity contribution in [3.8, 4) is 0 Å². The lowest BCUT2D eigenvalue weighted by atomic mass is 9.77. The summed E-state index contributed by atoms with van der Waals surface area (Å²) in [6, 6.07) is 0. The number of halogens is 6. The number of carboxylic acid groups (broad SMARTS) is 1. The van der Waals surface area contributed by atoms with Crippen LogP contribution in [0.5, 0.6) is 0 Å². The van der Waals surface area contributed by atoms with E-state index >= 15 is 0 Å². The molecule has 0 aliphatic rings. The second-order valence-corrected chi connectivity index (χ2v) is 6.26. The van der Waals surface area contributed by atoms with Crippen LogP contribution in [-0.2, 0) is 9.36 Å². The average molecular weight is 332 g/mol. The maximum atomic E-state index is 12.4. The molecule has 0 heterocycles. The van der Waals surface area contributed by atoms with Crippen molar-refractivity contribution in [2.45, 2.75) is 37.8 Å². The summed E-state index contributed by atoms with van der Waals surface area (Å²) in [7, 11) is -5.49. The van der Waals surface area contributed by atoms with Crippen LogP contribution < -0.4 is 0 Å². The zero-order valence-electron chi connectivity index (χ0n) is 9.86. The molecule has 0 aliphatic heterocycles. The number of rotatable bonds is 5. The molecule has 0 radical (unpaired) electrons. The van der Waals surface area contributed by atoms with E-state index in [-0.39, 0.29) is 0 Å². The Kier molecular flexibility index (Phi) is 5.31. The molecule has 0 rings (SSSR count). The molecule has 1 atom stereocenters. The van der Waals surface area contributed by atoms with Gasteiger partial charge in [0.05, 0.1) is 23.9 Å². The quantitative estimate of drug-likeness (QED) is 0.531. The standard InChI is InChI=1S/C8H11F6O5P/c1-4(20(17,18)19)6(5(15)16,2-7(9,10)11)3-8(12,13)14/h4H,2-3H2,1H3,(H,15,16)(H2,17,18,19). The Balaban J connectivity index is 5.95. The SMILES string of the molecule is CC(C(CC(F)(F)F)(CC(F)(F)F)C(=O)O)P(=O)(O)O. The highest BCUT2D eigenvalue weighted by Gasteiger charge is 2.60. The minimum Gasteiger partial charge on any atom is -0.481 e. The van der Waals surface area contributed by atoms with Gasteiger partial charge in [0, 0.05) is 0 Å². The molecule has 1 unspecified atom stereocenters. The zero-order valence-corrected chi connectivity index (χ0v) is 10.8. The largest absolute Gasteiger partial charge is 0.481 e. The van der Waals surface area contributed by atoms with Crippen LogP contribution in [0.25, 0.3) is 0 Å². The maximum Gasteiger partial charge on any atom is 0.390 e. The molecule has 0 bridgehead atoms. The molecule has 0 aromatic rings. The van der Waals surface area contributed by atoms with Crippen LogP contribution >= 0.6 is 7.60 Å². The van der Waals surface area contributed by atoms with E-state index in [4.69, 9.17) is 14.9 Å². The maximum absolute atomic E-state index is 12.4. The van der Waals surface area contributed by atoms with Crippen molar-refractivity contribution in [1.29, 1.82) is 0 Å². The molecule has 120 valence electrons. The molecule has 20 heavy (non-hydrogen) atoms. The Hall–Kier alpha value is -0.800. The van der Waals surface area contributed by atoms with Crippen molar-refractivity contribution in [2.24, 2.45) is 5.41 Å². The van der Waals surface area contributed by atoms with Crippen LogP contribution in [-0.4, -0.2) is 38.9 Å². The normalized spacial score (nSPS) is 16.1. The van der Waals surface area contributed by atoms with Crippen molar-refractivity contribution in [3.05, 3.63) is 0 Å². The topological polar surface area (TPSA) is 94.8 Å². The average Bonchev–Trinajstić information content (AvgIpc) is 2.08. The second kappa shape index (κ2) is 5.53.